The van der Waals surface area contributed by atoms with Crippen molar-refractivity contribution in [1.29, 1.82) is 0 Å². The summed E-state index contributed by atoms with van der Waals surface area (Å²) in [7, 11) is 0. The quantitative estimate of drug-likeness (QED) is 0.495. The molecule has 1 atom stereocenters. The van der Waals surface area contributed by atoms with Crippen LogP contribution in [0.15, 0.2) is 33.8 Å². The molecule has 9 heteroatoms. The predicted molar refractivity (Wildman–Crippen MR) is 111 cm³/mol. The molecule has 1 aromatic carbocycles. The summed E-state index contributed by atoms with van der Waals surface area (Å²) >= 11 is 6.57. The van der Waals surface area contributed by atoms with Gasteiger partial charge in [-0.2, -0.15) is 4.98 Å². The molecule has 0 spiro atoms. The Balaban J connectivity index is 1.69. The number of ether oxygens (including phenoxy) is 1. The second-order valence-electron chi connectivity index (χ2n) is 8.67. The van der Waals surface area contributed by atoms with E-state index in [9.17, 15) is 4.79 Å². The van der Waals surface area contributed by atoms with E-state index in [1.807, 2.05) is 19.1 Å². The third-order valence-corrected chi connectivity index (χ3v) is 6.75. The fourth-order valence-electron chi connectivity index (χ4n) is 4.38. The Morgan fingerprint density at radius 3 is 2.73 bits per heavy atom. The van der Waals surface area contributed by atoms with Gasteiger partial charge in [-0.1, -0.05) is 29.7 Å². The topological polar surface area (TPSA) is 87.5 Å². The lowest BCUT2D eigenvalue weighted by Gasteiger charge is -2.28. The number of benzene rings is 1. The first-order chi connectivity index (χ1) is 14.4. The number of imidazole rings is 1. The summed E-state index contributed by atoms with van der Waals surface area (Å²) in [4.78, 5) is 22.9. The minimum absolute atomic E-state index is 0.0631. The van der Waals surface area contributed by atoms with Gasteiger partial charge < -0.3 is 9.26 Å². The number of hydrogen-bond acceptors (Lipinski definition) is 6. The van der Waals surface area contributed by atoms with E-state index in [1.54, 1.807) is 21.4 Å². The van der Waals surface area contributed by atoms with E-state index in [1.165, 1.54) is 0 Å². The van der Waals surface area contributed by atoms with Crippen molar-refractivity contribution >= 4 is 28.2 Å². The molecule has 1 saturated heterocycles. The Hall–Kier alpha value is -2.71. The van der Waals surface area contributed by atoms with E-state index in [2.05, 4.69) is 22.0 Å². The smallest absolute Gasteiger partial charge is 0.280 e. The third-order valence-electron chi connectivity index (χ3n) is 6.45. The van der Waals surface area contributed by atoms with E-state index in [-0.39, 0.29) is 11.0 Å². The first kappa shape index (κ1) is 18.1. The van der Waals surface area contributed by atoms with Crippen molar-refractivity contribution in [2.24, 2.45) is 0 Å². The molecule has 0 radical (unpaired) electrons. The predicted octanol–water partition coefficient (Wildman–Crippen LogP) is 3.89. The van der Waals surface area contributed by atoms with Crippen molar-refractivity contribution in [2.45, 2.75) is 50.7 Å². The van der Waals surface area contributed by atoms with E-state index in [0.29, 0.717) is 40.1 Å². The molecule has 1 unspecified atom stereocenters. The molecule has 4 heterocycles. The van der Waals surface area contributed by atoms with Crippen LogP contribution < -0.4 is 5.56 Å². The largest absolute Gasteiger partial charge is 0.355 e. The Kier molecular flexibility index (Phi) is 3.57. The highest BCUT2D eigenvalue weighted by Gasteiger charge is 2.45. The molecule has 1 aliphatic carbocycles. The zero-order valence-electron chi connectivity index (χ0n) is 16.7. The Labute approximate surface area is 176 Å². The number of hydrogen-bond donors (Lipinski definition) is 0. The maximum Gasteiger partial charge on any atom is 0.280 e. The molecule has 6 rings (SSSR count). The molecule has 2 aliphatic rings. The van der Waals surface area contributed by atoms with Crippen LogP contribution in [0.4, 0.5) is 0 Å². The number of halogens is 1. The van der Waals surface area contributed by atoms with Crippen LogP contribution in [0.5, 0.6) is 0 Å². The molecule has 1 aliphatic heterocycles. The van der Waals surface area contributed by atoms with Gasteiger partial charge in [0.25, 0.3) is 5.56 Å². The SMILES string of the molecule is CC1(c2nc(-c3ncn4c3c(=O)n(C3(C)CCCO3)c3c(Cl)cccc34)no2)CC1. The van der Waals surface area contributed by atoms with Gasteiger partial charge in [0, 0.05) is 12.0 Å². The van der Waals surface area contributed by atoms with E-state index < -0.39 is 5.72 Å². The summed E-state index contributed by atoms with van der Waals surface area (Å²) in [6.07, 6.45) is 5.24. The molecular weight excluding hydrogens is 406 g/mol. The number of rotatable bonds is 3. The lowest BCUT2D eigenvalue weighted by atomic mass is 10.1. The molecule has 8 nitrogen and oxygen atoms in total. The fourth-order valence-corrected chi connectivity index (χ4v) is 4.64. The molecule has 2 fully saturated rings. The van der Waals surface area contributed by atoms with Gasteiger partial charge in [0.1, 0.15) is 23.3 Å². The van der Waals surface area contributed by atoms with Crippen LogP contribution in [0.3, 0.4) is 0 Å². The summed E-state index contributed by atoms with van der Waals surface area (Å²) in [6.45, 7) is 4.62. The average Bonchev–Trinajstić information content (AvgIpc) is 3.16. The minimum atomic E-state index is -0.784. The Bertz CT molecular complexity index is 1370. The van der Waals surface area contributed by atoms with Crippen molar-refractivity contribution in [1.82, 2.24) is 24.1 Å². The molecular formula is C21H20ClN5O3. The van der Waals surface area contributed by atoms with Crippen molar-refractivity contribution in [2.75, 3.05) is 6.61 Å². The summed E-state index contributed by atoms with van der Waals surface area (Å²) in [5.41, 5.74) is 1.09. The zero-order valence-corrected chi connectivity index (χ0v) is 17.4. The Morgan fingerprint density at radius 1 is 1.17 bits per heavy atom. The van der Waals surface area contributed by atoms with Crippen molar-refractivity contribution in [3.63, 3.8) is 0 Å². The van der Waals surface area contributed by atoms with E-state index in [4.69, 9.17) is 20.9 Å². The number of nitrogens with zero attached hydrogens (tertiary/aromatic N) is 5. The summed E-state index contributed by atoms with van der Waals surface area (Å²) in [5.74, 6) is 0.914. The van der Waals surface area contributed by atoms with Gasteiger partial charge in [0.05, 0.1) is 16.1 Å². The summed E-state index contributed by atoms with van der Waals surface area (Å²) in [6, 6.07) is 5.56. The zero-order chi connectivity index (χ0) is 20.7. The standard InChI is InChI=1S/C21H20ClN5O3/c1-20(8-9-20)19-24-17(25-30-19)14-16-18(28)27(21(2)7-4-10-29-21)15-12(22)5-3-6-13(15)26(16)11-23-14/h3,5-6,11H,4,7-10H2,1-2H3. The van der Waals surface area contributed by atoms with Crippen molar-refractivity contribution < 1.29 is 9.26 Å². The highest BCUT2D eigenvalue weighted by Crippen LogP contribution is 2.47. The molecule has 0 bridgehead atoms. The van der Waals surface area contributed by atoms with Crippen LogP contribution in [0.1, 0.15) is 45.4 Å². The maximum atomic E-state index is 13.8. The van der Waals surface area contributed by atoms with Gasteiger partial charge >= 0.3 is 0 Å². The van der Waals surface area contributed by atoms with Crippen LogP contribution in [0.2, 0.25) is 5.02 Å². The van der Waals surface area contributed by atoms with Crippen molar-refractivity contribution in [3.05, 3.63) is 45.8 Å². The summed E-state index contributed by atoms with van der Waals surface area (Å²) in [5, 5.41) is 4.62. The molecule has 0 amide bonds. The fraction of sp³-hybridized carbons (Fsp3) is 0.429. The van der Waals surface area contributed by atoms with Gasteiger partial charge in [-0.25, -0.2) is 4.98 Å². The third kappa shape index (κ3) is 2.37. The normalized spacial score (nSPS) is 22.9. The molecule has 4 aromatic rings. The van der Waals surface area contributed by atoms with Gasteiger partial charge in [-0.15, -0.1) is 0 Å². The van der Waals surface area contributed by atoms with Crippen molar-refractivity contribution in [3.8, 4) is 11.5 Å². The molecule has 0 N–H and O–H groups in total. The lowest BCUT2D eigenvalue weighted by Crippen LogP contribution is -2.39. The minimum Gasteiger partial charge on any atom is -0.355 e. The van der Waals surface area contributed by atoms with Crippen LogP contribution in [0, 0.1) is 0 Å². The van der Waals surface area contributed by atoms with Crippen LogP contribution in [-0.4, -0.2) is 30.7 Å². The summed E-state index contributed by atoms with van der Waals surface area (Å²) < 4.78 is 14.9. The van der Waals surface area contributed by atoms with Crippen LogP contribution in [0.25, 0.3) is 28.1 Å². The molecule has 1 saturated carbocycles. The van der Waals surface area contributed by atoms with Crippen LogP contribution >= 0.6 is 11.6 Å². The number of fused-ring (bicyclic) bond motifs is 3. The maximum absolute atomic E-state index is 13.8. The first-order valence-corrected chi connectivity index (χ1v) is 10.5. The average molecular weight is 426 g/mol. The van der Waals surface area contributed by atoms with Gasteiger partial charge in [0.15, 0.2) is 0 Å². The molecule has 3 aromatic heterocycles. The number of para-hydroxylation sites is 1. The molecule has 30 heavy (non-hydrogen) atoms. The highest BCUT2D eigenvalue weighted by molar-refractivity contribution is 6.35. The van der Waals surface area contributed by atoms with E-state index in [0.717, 1.165) is 31.2 Å². The van der Waals surface area contributed by atoms with Crippen LogP contribution in [-0.2, 0) is 15.9 Å². The Morgan fingerprint density at radius 2 is 2.00 bits per heavy atom. The highest BCUT2D eigenvalue weighted by atomic mass is 35.5. The van der Waals surface area contributed by atoms with Gasteiger partial charge in [-0.05, 0) is 44.7 Å². The van der Waals surface area contributed by atoms with E-state index >= 15 is 0 Å². The van der Waals surface area contributed by atoms with Gasteiger partial charge in [0.2, 0.25) is 11.7 Å². The first-order valence-electron chi connectivity index (χ1n) is 10.1. The second-order valence-corrected chi connectivity index (χ2v) is 9.08. The second kappa shape index (κ2) is 5.92. The lowest BCUT2D eigenvalue weighted by molar-refractivity contribution is -0.0447. The monoisotopic (exact) mass is 425 g/mol. The van der Waals surface area contributed by atoms with Gasteiger partial charge in [-0.3, -0.25) is 13.8 Å². The molecule has 154 valence electrons. The number of aromatic nitrogens is 5.